The van der Waals surface area contributed by atoms with E-state index in [2.05, 4.69) is 20.6 Å². The van der Waals surface area contributed by atoms with Crippen LogP contribution in [-0.2, 0) is 6.18 Å². The van der Waals surface area contributed by atoms with E-state index < -0.39 is 11.7 Å². The molecule has 1 aromatic carbocycles. The zero-order valence-electron chi connectivity index (χ0n) is 15.7. The number of rotatable bonds is 2. The fourth-order valence-corrected chi connectivity index (χ4v) is 2.98. The number of aromatic nitrogens is 2. The van der Waals surface area contributed by atoms with Crippen LogP contribution in [0.5, 0.6) is 5.75 Å². The van der Waals surface area contributed by atoms with Crippen molar-refractivity contribution in [3.05, 3.63) is 35.5 Å². The second kappa shape index (κ2) is 7.41. The molecule has 0 atom stereocenters. The van der Waals surface area contributed by atoms with Crippen LogP contribution in [0.15, 0.2) is 24.4 Å². The number of halogens is 3. The lowest BCUT2D eigenvalue weighted by Crippen LogP contribution is -2.29. The largest absolute Gasteiger partial charge is 0.488 e. The monoisotopic (exact) mass is 407 g/mol. The van der Waals surface area contributed by atoms with Gasteiger partial charge in [0.2, 0.25) is 5.95 Å². The van der Waals surface area contributed by atoms with Gasteiger partial charge in [0.25, 0.3) is 5.91 Å². The van der Waals surface area contributed by atoms with Crippen molar-refractivity contribution in [3.63, 3.8) is 0 Å². The summed E-state index contributed by atoms with van der Waals surface area (Å²) in [7, 11) is 1.66. The Bertz CT molecular complexity index is 931. The second-order valence-corrected chi connectivity index (χ2v) is 7.11. The van der Waals surface area contributed by atoms with Gasteiger partial charge in [-0.25, -0.2) is 4.98 Å². The van der Waals surface area contributed by atoms with Crippen molar-refractivity contribution in [2.45, 2.75) is 31.5 Å². The fourth-order valence-electron chi connectivity index (χ4n) is 2.98. The molecule has 2 aliphatic rings. The number of alkyl halides is 3. The van der Waals surface area contributed by atoms with Crippen molar-refractivity contribution in [2.24, 2.45) is 0 Å². The van der Waals surface area contributed by atoms with Crippen LogP contribution in [-0.4, -0.2) is 47.0 Å². The van der Waals surface area contributed by atoms with Crippen molar-refractivity contribution in [1.82, 2.24) is 14.9 Å². The number of carbonyl (C=O) groups is 1. The average molecular weight is 407 g/mol. The summed E-state index contributed by atoms with van der Waals surface area (Å²) in [5.41, 5.74) is -0.0656. The molecule has 29 heavy (non-hydrogen) atoms. The third-order valence-electron chi connectivity index (χ3n) is 4.69. The SMILES string of the molecule is CN1CCCNc2nc(ncc2C(F)(F)F)Nc2cc(ccc2OC2CC2)C1=O. The van der Waals surface area contributed by atoms with Gasteiger partial charge in [-0.2, -0.15) is 18.2 Å². The van der Waals surface area contributed by atoms with Crippen LogP contribution < -0.4 is 15.4 Å². The van der Waals surface area contributed by atoms with E-state index in [4.69, 9.17) is 4.74 Å². The fraction of sp³-hybridized carbons (Fsp3) is 0.421. The molecule has 1 aliphatic carbocycles. The number of hydrogen-bond acceptors (Lipinski definition) is 6. The van der Waals surface area contributed by atoms with Crippen LogP contribution >= 0.6 is 0 Å². The molecule has 7 nitrogen and oxygen atoms in total. The highest BCUT2D eigenvalue weighted by Crippen LogP contribution is 2.36. The first-order valence-corrected chi connectivity index (χ1v) is 9.32. The number of nitrogens with one attached hydrogen (secondary N) is 2. The minimum atomic E-state index is -4.58. The molecule has 1 fully saturated rings. The Labute approximate surface area is 165 Å². The van der Waals surface area contributed by atoms with E-state index in [1.54, 1.807) is 25.2 Å². The summed E-state index contributed by atoms with van der Waals surface area (Å²) in [6.07, 6.45) is -1.39. The molecule has 1 amide bonds. The van der Waals surface area contributed by atoms with Gasteiger partial charge in [0.05, 0.1) is 11.8 Å². The minimum Gasteiger partial charge on any atom is -0.488 e. The molecular formula is C19H20F3N5O2. The van der Waals surface area contributed by atoms with Crippen LogP contribution in [0.4, 0.5) is 30.6 Å². The van der Waals surface area contributed by atoms with Gasteiger partial charge in [-0.3, -0.25) is 4.79 Å². The Morgan fingerprint density at radius 3 is 2.79 bits per heavy atom. The van der Waals surface area contributed by atoms with Gasteiger partial charge >= 0.3 is 6.18 Å². The molecule has 0 spiro atoms. The van der Waals surface area contributed by atoms with E-state index in [0.717, 1.165) is 19.0 Å². The zero-order valence-corrected chi connectivity index (χ0v) is 15.7. The Kier molecular flexibility index (Phi) is 4.93. The molecule has 0 unspecified atom stereocenters. The Balaban J connectivity index is 1.76. The maximum atomic E-state index is 13.3. The van der Waals surface area contributed by atoms with Gasteiger partial charge in [0, 0.05) is 31.9 Å². The molecule has 2 aromatic rings. The first kappa shape index (κ1) is 19.3. The van der Waals surface area contributed by atoms with Crippen LogP contribution in [0.1, 0.15) is 35.2 Å². The van der Waals surface area contributed by atoms with Crippen molar-refractivity contribution >= 4 is 23.4 Å². The second-order valence-electron chi connectivity index (χ2n) is 7.11. The molecule has 2 N–H and O–H groups in total. The number of amides is 1. The first-order chi connectivity index (χ1) is 13.8. The third kappa shape index (κ3) is 4.36. The first-order valence-electron chi connectivity index (χ1n) is 9.32. The number of fused-ring (bicyclic) bond motifs is 4. The molecule has 1 aromatic heterocycles. The molecule has 1 aliphatic heterocycles. The van der Waals surface area contributed by atoms with Gasteiger partial charge in [0.1, 0.15) is 17.1 Å². The van der Waals surface area contributed by atoms with Crippen LogP contribution in [0.2, 0.25) is 0 Å². The predicted molar refractivity (Wildman–Crippen MR) is 100 cm³/mol. The van der Waals surface area contributed by atoms with Crippen molar-refractivity contribution in [2.75, 3.05) is 30.8 Å². The normalized spacial score (nSPS) is 17.4. The number of anilines is 3. The Morgan fingerprint density at radius 2 is 2.07 bits per heavy atom. The number of benzene rings is 1. The van der Waals surface area contributed by atoms with Crippen LogP contribution in [0.3, 0.4) is 0 Å². The van der Waals surface area contributed by atoms with Crippen LogP contribution in [0.25, 0.3) is 0 Å². The van der Waals surface area contributed by atoms with Crippen molar-refractivity contribution < 1.29 is 22.7 Å². The molecule has 1 saturated carbocycles. The van der Waals surface area contributed by atoms with Crippen LogP contribution in [0, 0.1) is 0 Å². The summed E-state index contributed by atoms with van der Waals surface area (Å²) >= 11 is 0. The Hall–Kier alpha value is -3.04. The van der Waals surface area contributed by atoms with E-state index >= 15 is 0 Å². The summed E-state index contributed by atoms with van der Waals surface area (Å²) in [6.45, 7) is 0.610. The number of ether oxygens (including phenoxy) is 1. The summed E-state index contributed by atoms with van der Waals surface area (Å²) < 4.78 is 45.8. The molecule has 0 saturated heterocycles. The lowest BCUT2D eigenvalue weighted by Gasteiger charge is -2.18. The maximum Gasteiger partial charge on any atom is 0.421 e. The lowest BCUT2D eigenvalue weighted by molar-refractivity contribution is -0.137. The molecule has 0 radical (unpaired) electrons. The molecular weight excluding hydrogens is 387 g/mol. The molecule has 154 valence electrons. The van der Waals surface area contributed by atoms with E-state index in [9.17, 15) is 18.0 Å². The van der Waals surface area contributed by atoms with Crippen molar-refractivity contribution in [1.29, 1.82) is 0 Å². The summed E-state index contributed by atoms with van der Waals surface area (Å²) in [5, 5.41) is 5.63. The van der Waals surface area contributed by atoms with E-state index in [1.807, 2.05) is 0 Å². The summed E-state index contributed by atoms with van der Waals surface area (Å²) in [6, 6.07) is 4.98. The van der Waals surface area contributed by atoms with E-state index in [1.165, 1.54) is 4.90 Å². The van der Waals surface area contributed by atoms with E-state index in [-0.39, 0.29) is 30.3 Å². The Morgan fingerprint density at radius 1 is 1.28 bits per heavy atom. The van der Waals surface area contributed by atoms with Gasteiger partial charge in [0.15, 0.2) is 0 Å². The van der Waals surface area contributed by atoms with E-state index in [0.29, 0.717) is 30.0 Å². The third-order valence-corrected chi connectivity index (χ3v) is 4.69. The maximum absolute atomic E-state index is 13.3. The molecule has 4 bridgehead atoms. The lowest BCUT2D eigenvalue weighted by atomic mass is 10.1. The molecule has 4 rings (SSSR count). The van der Waals surface area contributed by atoms with Gasteiger partial charge < -0.3 is 20.3 Å². The average Bonchev–Trinajstić information content (AvgIpc) is 3.48. The predicted octanol–water partition coefficient (Wildman–Crippen LogP) is 3.67. The summed E-state index contributed by atoms with van der Waals surface area (Å²) in [4.78, 5) is 22.1. The topological polar surface area (TPSA) is 79.4 Å². The number of nitrogens with zero attached hydrogens (tertiary/aromatic N) is 3. The highest BCUT2D eigenvalue weighted by Gasteiger charge is 2.35. The van der Waals surface area contributed by atoms with Crippen molar-refractivity contribution in [3.8, 4) is 5.75 Å². The quantitative estimate of drug-likeness (QED) is 0.791. The number of carbonyl (C=O) groups excluding carboxylic acids is 1. The number of hydrogen-bond donors (Lipinski definition) is 2. The smallest absolute Gasteiger partial charge is 0.421 e. The van der Waals surface area contributed by atoms with Gasteiger partial charge in [-0.05, 0) is 37.5 Å². The van der Waals surface area contributed by atoms with Gasteiger partial charge in [-0.1, -0.05) is 0 Å². The molecule has 10 heteroatoms. The highest BCUT2D eigenvalue weighted by atomic mass is 19.4. The minimum absolute atomic E-state index is 0.0154. The highest BCUT2D eigenvalue weighted by molar-refractivity contribution is 5.95. The molecule has 2 heterocycles. The van der Waals surface area contributed by atoms with Gasteiger partial charge in [-0.15, -0.1) is 0 Å². The standard InChI is InChI=1S/C19H20F3N5O2/c1-27-8-2-7-23-16-13(19(20,21)22)10-24-18(26-16)25-14-9-11(17(27)28)3-6-15(14)29-12-4-5-12/h3,6,9-10,12H,2,4-5,7-8H2,1H3,(H2,23,24,25,26). The zero-order chi connectivity index (χ0) is 20.6. The summed E-state index contributed by atoms with van der Waals surface area (Å²) in [5.74, 6) is -0.00384.